The van der Waals surface area contributed by atoms with Crippen molar-refractivity contribution in [2.24, 2.45) is 5.73 Å². The van der Waals surface area contributed by atoms with Crippen LogP contribution in [0.1, 0.15) is 19.3 Å². The second-order valence-electron chi connectivity index (χ2n) is 7.08. The first-order valence-electron chi connectivity index (χ1n) is 9.34. The molecule has 2 aliphatic heterocycles. The first kappa shape index (κ1) is 19.4. The third-order valence-electron chi connectivity index (χ3n) is 5.16. The number of benzene rings is 1. The molecule has 27 heavy (non-hydrogen) atoms. The second kappa shape index (κ2) is 8.58. The van der Waals surface area contributed by atoms with E-state index in [1.165, 1.54) is 0 Å². The van der Waals surface area contributed by atoms with Crippen molar-refractivity contribution < 1.29 is 24.2 Å². The number of piperidine rings is 1. The fourth-order valence-electron chi connectivity index (χ4n) is 3.55. The highest BCUT2D eigenvalue weighted by atomic mass is 16.6. The SMILES string of the molecule is N[C@@H](CCO)C(=O)N1CCC2(CC1)CN(CCOc1ccccc1)C(=O)O2. The molecule has 0 aromatic heterocycles. The molecule has 148 valence electrons. The fraction of sp³-hybridized carbons (Fsp3) is 0.579. The molecule has 1 spiro atoms. The summed E-state index contributed by atoms with van der Waals surface area (Å²) in [5, 5.41) is 8.93. The van der Waals surface area contributed by atoms with Gasteiger partial charge in [0.25, 0.3) is 0 Å². The fourth-order valence-corrected chi connectivity index (χ4v) is 3.55. The first-order valence-corrected chi connectivity index (χ1v) is 9.34. The number of carbonyl (C=O) groups excluding carboxylic acids is 2. The van der Waals surface area contributed by atoms with Gasteiger partial charge < -0.3 is 30.1 Å². The van der Waals surface area contributed by atoms with Gasteiger partial charge in [-0.3, -0.25) is 4.79 Å². The van der Waals surface area contributed by atoms with Gasteiger partial charge in [0, 0.05) is 32.5 Å². The molecule has 2 amide bonds. The molecule has 2 heterocycles. The molecule has 2 saturated heterocycles. The third-order valence-corrected chi connectivity index (χ3v) is 5.16. The van der Waals surface area contributed by atoms with E-state index in [1.54, 1.807) is 9.80 Å². The Morgan fingerprint density at radius 1 is 1.30 bits per heavy atom. The largest absolute Gasteiger partial charge is 0.492 e. The van der Waals surface area contributed by atoms with Gasteiger partial charge >= 0.3 is 6.09 Å². The van der Waals surface area contributed by atoms with Gasteiger partial charge in [-0.2, -0.15) is 0 Å². The number of aliphatic hydroxyl groups is 1. The van der Waals surface area contributed by atoms with E-state index in [1.807, 2.05) is 30.3 Å². The Labute approximate surface area is 158 Å². The van der Waals surface area contributed by atoms with Crippen LogP contribution in [0.4, 0.5) is 4.79 Å². The third kappa shape index (κ3) is 4.70. The molecule has 3 N–H and O–H groups in total. The molecule has 8 heteroatoms. The maximum atomic E-state index is 12.3. The minimum atomic E-state index is -0.679. The van der Waals surface area contributed by atoms with Crippen molar-refractivity contribution in [1.82, 2.24) is 9.80 Å². The molecule has 0 bridgehead atoms. The molecule has 2 fully saturated rings. The van der Waals surface area contributed by atoms with Gasteiger partial charge in [-0.25, -0.2) is 4.79 Å². The average Bonchev–Trinajstić information content (AvgIpc) is 2.98. The molecule has 8 nitrogen and oxygen atoms in total. The summed E-state index contributed by atoms with van der Waals surface area (Å²) in [6.07, 6.45) is 1.10. The summed E-state index contributed by atoms with van der Waals surface area (Å²) in [5.41, 5.74) is 5.25. The van der Waals surface area contributed by atoms with E-state index in [2.05, 4.69) is 0 Å². The van der Waals surface area contributed by atoms with Gasteiger partial charge in [0.1, 0.15) is 18.0 Å². The number of nitrogens with zero attached hydrogens (tertiary/aromatic N) is 2. The average molecular weight is 377 g/mol. The molecular weight excluding hydrogens is 350 g/mol. The number of amides is 2. The highest BCUT2D eigenvalue weighted by Gasteiger charge is 2.47. The summed E-state index contributed by atoms with van der Waals surface area (Å²) in [7, 11) is 0. The summed E-state index contributed by atoms with van der Waals surface area (Å²) >= 11 is 0. The van der Waals surface area contributed by atoms with Crippen LogP contribution >= 0.6 is 0 Å². The number of likely N-dealkylation sites (tertiary alicyclic amines) is 1. The Morgan fingerprint density at radius 3 is 2.67 bits per heavy atom. The van der Waals surface area contributed by atoms with Crippen LogP contribution in [0.25, 0.3) is 0 Å². The standard InChI is InChI=1S/C19H27N3O5/c20-16(6-12-23)17(24)21-9-7-19(8-10-21)14-22(18(25)27-19)11-13-26-15-4-2-1-3-5-15/h1-5,16,23H,6-14,20H2/t16-/m0/s1. The lowest BCUT2D eigenvalue weighted by atomic mass is 9.91. The van der Waals surface area contributed by atoms with E-state index in [-0.39, 0.29) is 25.0 Å². The molecular formula is C19H27N3O5. The van der Waals surface area contributed by atoms with Gasteiger partial charge in [0.15, 0.2) is 0 Å². The smallest absolute Gasteiger partial charge is 0.410 e. The molecule has 0 aliphatic carbocycles. The lowest BCUT2D eigenvalue weighted by Gasteiger charge is -2.38. The first-order chi connectivity index (χ1) is 13.0. The van der Waals surface area contributed by atoms with Crippen molar-refractivity contribution in [3.05, 3.63) is 30.3 Å². The Kier molecular flexibility index (Phi) is 6.18. The quantitative estimate of drug-likeness (QED) is 0.720. The predicted molar refractivity (Wildman–Crippen MR) is 98.2 cm³/mol. The van der Waals surface area contributed by atoms with Crippen molar-refractivity contribution in [1.29, 1.82) is 0 Å². The van der Waals surface area contributed by atoms with Crippen molar-refractivity contribution in [3.8, 4) is 5.75 Å². The summed E-state index contributed by atoms with van der Waals surface area (Å²) in [6, 6.07) is 8.78. The van der Waals surface area contributed by atoms with E-state index < -0.39 is 11.6 Å². The molecule has 0 saturated carbocycles. The zero-order valence-corrected chi connectivity index (χ0v) is 15.4. The molecule has 1 atom stereocenters. The second-order valence-corrected chi connectivity index (χ2v) is 7.08. The topological polar surface area (TPSA) is 105 Å². The zero-order chi connectivity index (χ0) is 19.3. The van der Waals surface area contributed by atoms with Crippen molar-refractivity contribution in [3.63, 3.8) is 0 Å². The van der Waals surface area contributed by atoms with Crippen molar-refractivity contribution in [2.75, 3.05) is 39.4 Å². The van der Waals surface area contributed by atoms with E-state index in [0.717, 1.165) is 5.75 Å². The summed E-state index contributed by atoms with van der Waals surface area (Å²) in [4.78, 5) is 27.8. The Morgan fingerprint density at radius 2 is 2.00 bits per heavy atom. The number of carbonyl (C=O) groups is 2. The van der Waals surface area contributed by atoms with Crippen LogP contribution in [0.5, 0.6) is 5.75 Å². The Balaban J connectivity index is 1.46. The summed E-state index contributed by atoms with van der Waals surface area (Å²) < 4.78 is 11.3. The van der Waals surface area contributed by atoms with Gasteiger partial charge in [-0.1, -0.05) is 18.2 Å². The number of hydrogen-bond acceptors (Lipinski definition) is 6. The predicted octanol–water partition coefficient (Wildman–Crippen LogP) is 0.588. The lowest BCUT2D eigenvalue weighted by molar-refractivity contribution is -0.136. The molecule has 1 aromatic rings. The van der Waals surface area contributed by atoms with Crippen molar-refractivity contribution in [2.45, 2.75) is 30.9 Å². The summed E-state index contributed by atoms with van der Waals surface area (Å²) in [5.74, 6) is 0.613. The maximum Gasteiger partial charge on any atom is 0.410 e. The van der Waals surface area contributed by atoms with Crippen LogP contribution in [0, 0.1) is 0 Å². The van der Waals surface area contributed by atoms with Crippen LogP contribution in [-0.4, -0.2) is 77.9 Å². The Bertz CT molecular complexity index is 646. The minimum absolute atomic E-state index is 0.109. The van der Waals surface area contributed by atoms with E-state index in [4.69, 9.17) is 20.3 Å². The van der Waals surface area contributed by atoms with Crippen molar-refractivity contribution >= 4 is 12.0 Å². The van der Waals surface area contributed by atoms with E-state index in [0.29, 0.717) is 45.6 Å². The van der Waals surface area contributed by atoms with E-state index in [9.17, 15) is 9.59 Å². The van der Waals surface area contributed by atoms with Gasteiger partial charge in [-0.15, -0.1) is 0 Å². The highest BCUT2D eigenvalue weighted by Crippen LogP contribution is 2.33. The monoisotopic (exact) mass is 377 g/mol. The lowest BCUT2D eigenvalue weighted by Crippen LogP contribution is -2.52. The van der Waals surface area contributed by atoms with Gasteiger partial charge in [-0.05, 0) is 18.6 Å². The zero-order valence-electron chi connectivity index (χ0n) is 15.4. The summed E-state index contributed by atoms with van der Waals surface area (Å²) in [6.45, 7) is 2.26. The number of ether oxygens (including phenoxy) is 2. The molecule has 3 rings (SSSR count). The van der Waals surface area contributed by atoms with Crippen LogP contribution in [0.3, 0.4) is 0 Å². The van der Waals surface area contributed by atoms with Crippen LogP contribution in [0.2, 0.25) is 0 Å². The molecule has 2 aliphatic rings. The maximum absolute atomic E-state index is 12.3. The molecule has 0 unspecified atom stereocenters. The van der Waals surface area contributed by atoms with Gasteiger partial charge in [0.2, 0.25) is 5.91 Å². The normalized spacial score (nSPS) is 19.9. The number of para-hydroxylation sites is 1. The number of hydrogen-bond donors (Lipinski definition) is 2. The van der Waals surface area contributed by atoms with Crippen LogP contribution in [-0.2, 0) is 9.53 Å². The molecule has 1 aromatic carbocycles. The highest BCUT2D eigenvalue weighted by molar-refractivity contribution is 5.81. The van der Waals surface area contributed by atoms with Crippen LogP contribution in [0.15, 0.2) is 30.3 Å². The number of nitrogens with two attached hydrogens (primary N) is 1. The number of aliphatic hydroxyl groups excluding tert-OH is 1. The van der Waals surface area contributed by atoms with E-state index >= 15 is 0 Å². The van der Waals surface area contributed by atoms with Crippen LogP contribution < -0.4 is 10.5 Å². The van der Waals surface area contributed by atoms with Gasteiger partial charge in [0.05, 0.1) is 19.1 Å². The minimum Gasteiger partial charge on any atom is -0.492 e. The molecule has 0 radical (unpaired) electrons. The number of rotatable bonds is 7. The Hall–Kier alpha value is -2.32.